The van der Waals surface area contributed by atoms with Crippen LogP contribution in [-0.2, 0) is 12.6 Å². The summed E-state index contributed by atoms with van der Waals surface area (Å²) in [5, 5.41) is 0. The molecule has 96 valence electrons. The second kappa shape index (κ2) is 3.48. The van der Waals surface area contributed by atoms with Gasteiger partial charge in [0, 0.05) is 12.6 Å². The summed E-state index contributed by atoms with van der Waals surface area (Å²) in [6, 6.07) is 10.1. The number of furan rings is 1. The van der Waals surface area contributed by atoms with Gasteiger partial charge in [-0.2, -0.15) is 0 Å². The van der Waals surface area contributed by atoms with E-state index in [1.165, 1.54) is 5.56 Å². The van der Waals surface area contributed by atoms with E-state index in [4.69, 9.17) is 10.2 Å². The van der Waals surface area contributed by atoms with Crippen LogP contribution in [0.1, 0.15) is 18.4 Å². The molecule has 1 saturated carbocycles. The lowest BCUT2D eigenvalue weighted by Crippen LogP contribution is -2.18. The van der Waals surface area contributed by atoms with E-state index < -0.39 is 0 Å². The molecule has 0 bridgehead atoms. The molecular weight excluding hydrogens is 238 g/mol. The predicted molar refractivity (Wildman–Crippen MR) is 73.5 cm³/mol. The first-order valence-corrected chi connectivity index (χ1v) is 6.47. The van der Waals surface area contributed by atoms with Gasteiger partial charge < -0.3 is 14.7 Å². The van der Waals surface area contributed by atoms with E-state index in [1.807, 2.05) is 25.2 Å². The predicted octanol–water partition coefficient (Wildman–Crippen LogP) is 2.78. The third-order valence-corrected chi connectivity index (χ3v) is 3.99. The molecular formula is C15H15N3O. The second-order valence-corrected chi connectivity index (χ2v) is 5.33. The van der Waals surface area contributed by atoms with Crippen LogP contribution in [0.4, 0.5) is 0 Å². The molecule has 0 saturated heterocycles. The van der Waals surface area contributed by atoms with Crippen LogP contribution in [0, 0.1) is 0 Å². The molecule has 0 spiro atoms. The Morgan fingerprint density at radius 2 is 2.16 bits per heavy atom. The summed E-state index contributed by atoms with van der Waals surface area (Å²) in [7, 11) is 2.01. The molecule has 3 aromatic rings. The van der Waals surface area contributed by atoms with E-state index in [0.29, 0.717) is 0 Å². The van der Waals surface area contributed by atoms with Gasteiger partial charge in [-0.15, -0.1) is 0 Å². The molecule has 0 radical (unpaired) electrons. The summed E-state index contributed by atoms with van der Waals surface area (Å²) in [5.41, 5.74) is 9.43. The zero-order valence-electron chi connectivity index (χ0n) is 10.8. The van der Waals surface area contributed by atoms with Crippen molar-refractivity contribution < 1.29 is 4.42 Å². The highest BCUT2D eigenvalue weighted by atomic mass is 16.3. The fourth-order valence-electron chi connectivity index (χ4n) is 2.55. The first-order chi connectivity index (χ1) is 9.17. The normalized spacial score (nSPS) is 16.9. The molecule has 2 heterocycles. The number of nitrogens with zero attached hydrogens (tertiary/aromatic N) is 2. The van der Waals surface area contributed by atoms with Crippen molar-refractivity contribution in [2.75, 3.05) is 0 Å². The van der Waals surface area contributed by atoms with Crippen molar-refractivity contribution in [2.24, 2.45) is 12.8 Å². The van der Waals surface area contributed by atoms with Crippen LogP contribution in [0.2, 0.25) is 0 Å². The zero-order valence-corrected chi connectivity index (χ0v) is 10.8. The van der Waals surface area contributed by atoms with E-state index in [9.17, 15) is 0 Å². The largest absolute Gasteiger partial charge is 0.461 e. The number of fused-ring (bicyclic) bond motifs is 1. The maximum atomic E-state index is 6.26. The smallest absolute Gasteiger partial charge is 0.176 e. The summed E-state index contributed by atoms with van der Waals surface area (Å²) < 4.78 is 7.49. The molecule has 0 unspecified atom stereocenters. The van der Waals surface area contributed by atoms with Crippen LogP contribution < -0.4 is 5.73 Å². The summed E-state index contributed by atoms with van der Waals surface area (Å²) in [4.78, 5) is 4.63. The van der Waals surface area contributed by atoms with Crippen molar-refractivity contribution in [3.05, 3.63) is 42.2 Å². The lowest BCUT2D eigenvalue weighted by atomic mass is 10.1. The van der Waals surface area contributed by atoms with Gasteiger partial charge in [-0.3, -0.25) is 0 Å². The molecule has 2 aromatic heterocycles. The molecule has 4 nitrogen and oxygen atoms in total. The molecule has 1 aliphatic carbocycles. The minimum absolute atomic E-state index is 0.108. The highest BCUT2D eigenvalue weighted by molar-refractivity contribution is 5.80. The Bertz CT molecular complexity index is 751. The number of aryl methyl sites for hydroxylation is 1. The highest BCUT2D eigenvalue weighted by Gasteiger charge is 2.40. The third-order valence-electron chi connectivity index (χ3n) is 3.99. The molecule has 1 fully saturated rings. The summed E-state index contributed by atoms with van der Waals surface area (Å²) in [5.74, 6) is 1.63. The van der Waals surface area contributed by atoms with Crippen molar-refractivity contribution in [3.63, 3.8) is 0 Å². The first kappa shape index (κ1) is 10.8. The van der Waals surface area contributed by atoms with E-state index >= 15 is 0 Å². The number of nitrogens with two attached hydrogens (primary N) is 1. The molecule has 4 heteroatoms. The van der Waals surface area contributed by atoms with Crippen LogP contribution in [-0.4, -0.2) is 9.55 Å². The van der Waals surface area contributed by atoms with Crippen LogP contribution in [0.15, 0.2) is 41.0 Å². The van der Waals surface area contributed by atoms with E-state index in [0.717, 1.165) is 35.5 Å². The Morgan fingerprint density at radius 1 is 1.32 bits per heavy atom. The number of hydrogen-bond acceptors (Lipinski definition) is 3. The van der Waals surface area contributed by atoms with Gasteiger partial charge in [-0.1, -0.05) is 6.07 Å². The monoisotopic (exact) mass is 253 g/mol. The van der Waals surface area contributed by atoms with Crippen LogP contribution in [0.5, 0.6) is 0 Å². The Morgan fingerprint density at radius 3 is 2.84 bits per heavy atom. The Balaban J connectivity index is 1.92. The minimum Gasteiger partial charge on any atom is -0.461 e. The molecule has 2 N–H and O–H groups in total. The fourth-order valence-corrected chi connectivity index (χ4v) is 2.55. The molecule has 0 aliphatic heterocycles. The lowest BCUT2D eigenvalue weighted by molar-refractivity contribution is 0.574. The fraction of sp³-hybridized carbons (Fsp3) is 0.267. The molecule has 0 amide bonds. The Kier molecular flexibility index (Phi) is 1.98. The Hall–Kier alpha value is -2.07. The highest BCUT2D eigenvalue weighted by Crippen LogP contribution is 2.43. The Labute approximate surface area is 110 Å². The van der Waals surface area contributed by atoms with Crippen molar-refractivity contribution in [3.8, 4) is 11.6 Å². The van der Waals surface area contributed by atoms with Crippen molar-refractivity contribution in [2.45, 2.75) is 18.4 Å². The van der Waals surface area contributed by atoms with Gasteiger partial charge in [0.15, 0.2) is 11.6 Å². The molecule has 0 atom stereocenters. The van der Waals surface area contributed by atoms with Gasteiger partial charge in [0.1, 0.15) is 0 Å². The number of benzene rings is 1. The molecule has 4 rings (SSSR count). The zero-order chi connectivity index (χ0) is 13.0. The van der Waals surface area contributed by atoms with Crippen LogP contribution in [0.3, 0.4) is 0 Å². The van der Waals surface area contributed by atoms with Crippen LogP contribution >= 0.6 is 0 Å². The number of hydrogen-bond donors (Lipinski definition) is 1. The van der Waals surface area contributed by atoms with E-state index in [1.54, 1.807) is 6.26 Å². The van der Waals surface area contributed by atoms with E-state index in [2.05, 4.69) is 21.7 Å². The van der Waals surface area contributed by atoms with Gasteiger partial charge in [-0.25, -0.2) is 4.98 Å². The summed E-state index contributed by atoms with van der Waals surface area (Å²) in [6.07, 6.45) is 3.81. The van der Waals surface area contributed by atoms with Gasteiger partial charge >= 0.3 is 0 Å². The standard InChI is InChI=1S/C15H15N3O/c1-18-12-9-10(15(16)6-7-15)4-5-11(12)17-14(18)13-3-2-8-19-13/h2-5,8-9H,6-7,16H2,1H3. The van der Waals surface area contributed by atoms with Gasteiger partial charge in [0.2, 0.25) is 0 Å². The second-order valence-electron chi connectivity index (χ2n) is 5.33. The lowest BCUT2D eigenvalue weighted by Gasteiger charge is -2.09. The van der Waals surface area contributed by atoms with Gasteiger partial charge in [0.05, 0.1) is 17.3 Å². The first-order valence-electron chi connectivity index (χ1n) is 6.47. The third kappa shape index (κ3) is 1.53. The number of rotatable bonds is 2. The van der Waals surface area contributed by atoms with Gasteiger partial charge in [-0.05, 0) is 42.7 Å². The summed E-state index contributed by atoms with van der Waals surface area (Å²) in [6.45, 7) is 0. The SMILES string of the molecule is Cn1c(-c2ccco2)nc2ccc(C3(N)CC3)cc21. The topological polar surface area (TPSA) is 57.0 Å². The van der Waals surface area contributed by atoms with Crippen molar-refractivity contribution in [1.82, 2.24) is 9.55 Å². The maximum absolute atomic E-state index is 6.26. The minimum atomic E-state index is -0.108. The van der Waals surface area contributed by atoms with E-state index in [-0.39, 0.29) is 5.54 Å². The molecule has 1 aliphatic rings. The van der Waals surface area contributed by atoms with Crippen molar-refractivity contribution in [1.29, 1.82) is 0 Å². The summed E-state index contributed by atoms with van der Waals surface area (Å²) >= 11 is 0. The number of imidazole rings is 1. The number of aromatic nitrogens is 2. The van der Waals surface area contributed by atoms with Crippen molar-refractivity contribution >= 4 is 11.0 Å². The quantitative estimate of drug-likeness (QED) is 0.764. The average molecular weight is 253 g/mol. The average Bonchev–Trinajstić information content (AvgIpc) is 2.88. The maximum Gasteiger partial charge on any atom is 0.176 e. The molecule has 19 heavy (non-hydrogen) atoms. The van der Waals surface area contributed by atoms with Gasteiger partial charge in [0.25, 0.3) is 0 Å². The van der Waals surface area contributed by atoms with Crippen LogP contribution in [0.25, 0.3) is 22.6 Å². The molecule has 1 aromatic carbocycles.